The summed E-state index contributed by atoms with van der Waals surface area (Å²) in [5.41, 5.74) is 12.3. The van der Waals surface area contributed by atoms with Gasteiger partial charge in [0, 0.05) is 16.7 Å². The van der Waals surface area contributed by atoms with Crippen LogP contribution in [0, 0.1) is 0 Å². The molecule has 0 aliphatic heterocycles. The SMILES string of the molecule is c1ccc(-c2nc(-c3ccc4cc(-c5ccc(-c6c7ccccc7c(-c7ccccc7)c7ccc8ccccc8c67)cc5)ccc4c3)cc(-c3cccc4ccccc34)n2)cc1. The molecule has 11 aromatic carbocycles. The number of aromatic nitrogens is 2. The first-order valence-corrected chi connectivity index (χ1v) is 21.2. The van der Waals surface area contributed by atoms with Crippen LogP contribution in [0.25, 0.3) is 121 Å². The van der Waals surface area contributed by atoms with Crippen LogP contribution in [0.15, 0.2) is 231 Å². The monoisotopic (exact) mass is 786 g/mol. The minimum atomic E-state index is 0.714. The van der Waals surface area contributed by atoms with Crippen molar-refractivity contribution in [1.29, 1.82) is 0 Å². The molecule has 0 aliphatic carbocycles. The van der Waals surface area contributed by atoms with Gasteiger partial charge in [-0.2, -0.15) is 0 Å². The second kappa shape index (κ2) is 14.8. The van der Waals surface area contributed by atoms with Crippen LogP contribution in [0.3, 0.4) is 0 Å². The highest BCUT2D eigenvalue weighted by molar-refractivity contribution is 6.28. The number of nitrogens with zero attached hydrogens (tertiary/aromatic N) is 2. The number of hydrogen-bond acceptors (Lipinski definition) is 2. The van der Waals surface area contributed by atoms with Crippen molar-refractivity contribution in [2.45, 2.75) is 0 Å². The van der Waals surface area contributed by atoms with E-state index in [0.29, 0.717) is 5.82 Å². The molecular formula is C60H38N2. The number of fused-ring (bicyclic) bond motifs is 6. The summed E-state index contributed by atoms with van der Waals surface area (Å²) in [5, 5.41) is 12.3. The first kappa shape index (κ1) is 35.7. The molecule has 62 heavy (non-hydrogen) atoms. The Morgan fingerprint density at radius 2 is 0.742 bits per heavy atom. The van der Waals surface area contributed by atoms with E-state index in [4.69, 9.17) is 9.97 Å². The smallest absolute Gasteiger partial charge is 0.160 e. The first-order valence-electron chi connectivity index (χ1n) is 21.2. The molecule has 0 aliphatic rings. The van der Waals surface area contributed by atoms with Crippen LogP contribution in [-0.4, -0.2) is 9.97 Å². The van der Waals surface area contributed by atoms with Crippen LogP contribution >= 0.6 is 0 Å². The Morgan fingerprint density at radius 1 is 0.242 bits per heavy atom. The zero-order valence-corrected chi connectivity index (χ0v) is 33.8. The Hall–Kier alpha value is -8.20. The zero-order valence-electron chi connectivity index (χ0n) is 33.8. The molecule has 0 spiro atoms. The second-order valence-electron chi connectivity index (χ2n) is 16.1. The summed E-state index contributed by atoms with van der Waals surface area (Å²) in [5.74, 6) is 0.714. The lowest BCUT2D eigenvalue weighted by Crippen LogP contribution is -1.96. The van der Waals surface area contributed by atoms with Crippen molar-refractivity contribution in [3.05, 3.63) is 231 Å². The number of hydrogen-bond donors (Lipinski definition) is 0. The van der Waals surface area contributed by atoms with E-state index < -0.39 is 0 Å². The highest BCUT2D eigenvalue weighted by atomic mass is 14.9. The van der Waals surface area contributed by atoms with Crippen LogP contribution in [0.2, 0.25) is 0 Å². The largest absolute Gasteiger partial charge is 0.228 e. The van der Waals surface area contributed by atoms with Gasteiger partial charge in [0.15, 0.2) is 5.82 Å². The predicted octanol–water partition coefficient (Wildman–Crippen LogP) is 16.2. The van der Waals surface area contributed by atoms with Gasteiger partial charge in [0.05, 0.1) is 11.4 Å². The molecule has 0 saturated heterocycles. The van der Waals surface area contributed by atoms with Crippen LogP contribution in [0.4, 0.5) is 0 Å². The summed E-state index contributed by atoms with van der Waals surface area (Å²) in [6.45, 7) is 0. The van der Waals surface area contributed by atoms with E-state index >= 15 is 0 Å². The Bertz CT molecular complexity index is 3660. The average Bonchev–Trinajstić information content (AvgIpc) is 3.35. The third-order valence-corrected chi connectivity index (χ3v) is 12.4. The van der Waals surface area contributed by atoms with Crippen LogP contribution in [-0.2, 0) is 0 Å². The molecule has 0 bridgehead atoms. The van der Waals surface area contributed by atoms with E-state index in [1.54, 1.807) is 0 Å². The van der Waals surface area contributed by atoms with E-state index in [2.05, 4.69) is 212 Å². The van der Waals surface area contributed by atoms with Crippen molar-refractivity contribution >= 4 is 53.9 Å². The lowest BCUT2D eigenvalue weighted by molar-refractivity contribution is 1.19. The van der Waals surface area contributed by atoms with E-state index in [-0.39, 0.29) is 0 Å². The van der Waals surface area contributed by atoms with Crippen molar-refractivity contribution in [2.24, 2.45) is 0 Å². The molecule has 0 fully saturated rings. The molecule has 0 saturated carbocycles. The molecule has 12 aromatic rings. The predicted molar refractivity (Wildman–Crippen MR) is 262 cm³/mol. The van der Waals surface area contributed by atoms with Crippen LogP contribution < -0.4 is 0 Å². The highest BCUT2D eigenvalue weighted by Gasteiger charge is 2.19. The zero-order chi connectivity index (χ0) is 41.0. The maximum atomic E-state index is 5.15. The van der Waals surface area contributed by atoms with Crippen molar-refractivity contribution < 1.29 is 0 Å². The fourth-order valence-electron chi connectivity index (χ4n) is 9.48. The lowest BCUT2D eigenvalue weighted by atomic mass is 9.84. The summed E-state index contributed by atoms with van der Waals surface area (Å²) in [6.07, 6.45) is 0. The average molecular weight is 787 g/mol. The molecule has 1 heterocycles. The summed E-state index contributed by atoms with van der Waals surface area (Å²) in [6, 6.07) is 83.1. The van der Waals surface area contributed by atoms with Crippen LogP contribution in [0.1, 0.15) is 0 Å². The lowest BCUT2D eigenvalue weighted by Gasteiger charge is -2.19. The molecule has 1 aromatic heterocycles. The maximum Gasteiger partial charge on any atom is 0.160 e. The minimum absolute atomic E-state index is 0.714. The van der Waals surface area contributed by atoms with Gasteiger partial charge in [-0.25, -0.2) is 9.97 Å². The second-order valence-corrected chi connectivity index (χ2v) is 16.1. The molecule has 2 nitrogen and oxygen atoms in total. The van der Waals surface area contributed by atoms with Gasteiger partial charge in [-0.15, -0.1) is 0 Å². The third-order valence-electron chi connectivity index (χ3n) is 12.4. The summed E-state index contributed by atoms with van der Waals surface area (Å²) in [7, 11) is 0. The van der Waals surface area contributed by atoms with Gasteiger partial charge in [0.25, 0.3) is 0 Å². The topological polar surface area (TPSA) is 25.8 Å². The number of benzene rings is 11. The third kappa shape index (κ3) is 6.12. The van der Waals surface area contributed by atoms with Gasteiger partial charge in [0.1, 0.15) is 0 Å². The summed E-state index contributed by atoms with van der Waals surface area (Å²) in [4.78, 5) is 10.3. The van der Waals surface area contributed by atoms with Crippen molar-refractivity contribution in [2.75, 3.05) is 0 Å². The van der Waals surface area contributed by atoms with Crippen LogP contribution in [0.5, 0.6) is 0 Å². The van der Waals surface area contributed by atoms with Gasteiger partial charge in [0.2, 0.25) is 0 Å². The molecule has 0 amide bonds. The molecule has 0 atom stereocenters. The number of rotatable bonds is 6. The highest BCUT2D eigenvalue weighted by Crippen LogP contribution is 2.46. The summed E-state index contributed by atoms with van der Waals surface area (Å²) >= 11 is 0. The van der Waals surface area contributed by atoms with Gasteiger partial charge in [-0.1, -0.05) is 212 Å². The Kier molecular flexibility index (Phi) is 8.53. The van der Waals surface area contributed by atoms with Gasteiger partial charge in [-0.05, 0) is 105 Å². The van der Waals surface area contributed by atoms with Crippen molar-refractivity contribution in [3.63, 3.8) is 0 Å². The fourth-order valence-corrected chi connectivity index (χ4v) is 9.48. The first-order chi connectivity index (χ1) is 30.7. The quantitative estimate of drug-likeness (QED) is 0.124. The van der Waals surface area contributed by atoms with Crippen molar-refractivity contribution in [3.8, 4) is 67.3 Å². The van der Waals surface area contributed by atoms with Gasteiger partial charge in [-0.3, -0.25) is 0 Å². The molecule has 0 radical (unpaired) electrons. The summed E-state index contributed by atoms with van der Waals surface area (Å²) < 4.78 is 0. The maximum absolute atomic E-state index is 5.15. The van der Waals surface area contributed by atoms with E-state index in [1.165, 1.54) is 81.9 Å². The Morgan fingerprint density at radius 3 is 1.48 bits per heavy atom. The van der Waals surface area contributed by atoms with E-state index in [9.17, 15) is 0 Å². The minimum Gasteiger partial charge on any atom is -0.228 e. The standard InChI is InChI=1S/C60H38N2/c1-3-16-42(17-4-1)57-52-23-11-12-24-53(52)58(59-50-22-10-8-15-41(50)34-35-54(57)59)43-28-26-39(27-29-43)45-30-31-47-37-48(33-32-46(47)36-45)55-38-56(62-60(61-55)44-18-5-2-6-19-44)51-25-13-20-40-14-7-9-21-49(40)51/h1-38H. The van der Waals surface area contributed by atoms with Gasteiger partial charge >= 0.3 is 0 Å². The molecule has 2 heteroatoms. The Balaban J connectivity index is 0.945. The van der Waals surface area contributed by atoms with E-state index in [0.717, 1.165) is 33.5 Å². The molecular weight excluding hydrogens is 749 g/mol. The van der Waals surface area contributed by atoms with Crippen molar-refractivity contribution in [1.82, 2.24) is 9.97 Å². The van der Waals surface area contributed by atoms with Gasteiger partial charge < -0.3 is 0 Å². The Labute approximate surface area is 360 Å². The molecule has 0 unspecified atom stereocenters. The fraction of sp³-hybridized carbons (Fsp3) is 0. The molecule has 288 valence electrons. The normalized spacial score (nSPS) is 11.5. The molecule has 0 N–H and O–H groups in total. The molecule has 12 rings (SSSR count). The van der Waals surface area contributed by atoms with E-state index in [1.807, 2.05) is 18.2 Å².